The predicted octanol–water partition coefficient (Wildman–Crippen LogP) is 3.56. The van der Waals surface area contributed by atoms with E-state index in [1.54, 1.807) is 23.1 Å². The van der Waals surface area contributed by atoms with E-state index in [9.17, 15) is 0 Å². The molecule has 1 aliphatic heterocycles. The van der Waals surface area contributed by atoms with Gasteiger partial charge in [0, 0.05) is 18.9 Å². The first-order valence-corrected chi connectivity index (χ1v) is 9.45. The van der Waals surface area contributed by atoms with E-state index in [0.29, 0.717) is 0 Å². The monoisotopic (exact) mass is 339 g/mol. The van der Waals surface area contributed by atoms with Gasteiger partial charge in [-0.05, 0) is 38.3 Å². The fourth-order valence-electron chi connectivity index (χ4n) is 2.39. The van der Waals surface area contributed by atoms with E-state index < -0.39 is 0 Å². The van der Waals surface area contributed by atoms with Gasteiger partial charge in [0.15, 0.2) is 4.34 Å². The minimum absolute atomic E-state index is 0.152. The lowest BCUT2D eigenvalue weighted by atomic mass is 10.1. The van der Waals surface area contributed by atoms with E-state index in [1.807, 2.05) is 19.1 Å². The lowest BCUT2D eigenvalue weighted by Gasteiger charge is -2.20. The van der Waals surface area contributed by atoms with Crippen LogP contribution in [0.2, 0.25) is 0 Å². The van der Waals surface area contributed by atoms with Crippen LogP contribution in [0.5, 0.6) is 0 Å². The molecule has 3 heterocycles. The van der Waals surface area contributed by atoms with Crippen LogP contribution >= 0.6 is 23.1 Å². The number of aromatic nitrogens is 2. The molecule has 1 aliphatic rings. The standard InChI is InChI=1S/C15H21N3O2S2/c1-11-17-18-15(22-11)21-9-7-16-10-12-5-6-14(20-12)13-4-2-3-8-19-13/h5-6,13,16H,2-4,7-10H2,1H3. The van der Waals surface area contributed by atoms with E-state index in [4.69, 9.17) is 9.15 Å². The normalized spacial score (nSPS) is 18.7. The summed E-state index contributed by atoms with van der Waals surface area (Å²) in [4.78, 5) is 0. The van der Waals surface area contributed by atoms with Crippen LogP contribution in [0.25, 0.3) is 0 Å². The molecule has 1 unspecified atom stereocenters. The fourth-order valence-corrected chi connectivity index (χ4v) is 4.17. The molecule has 7 heteroatoms. The molecule has 0 radical (unpaired) electrons. The maximum absolute atomic E-state index is 5.88. The van der Waals surface area contributed by atoms with Gasteiger partial charge >= 0.3 is 0 Å². The van der Waals surface area contributed by atoms with Crippen molar-refractivity contribution in [3.05, 3.63) is 28.7 Å². The van der Waals surface area contributed by atoms with Crippen LogP contribution in [0.3, 0.4) is 0 Å². The number of nitrogens with zero attached hydrogens (tertiary/aromatic N) is 2. The summed E-state index contributed by atoms with van der Waals surface area (Å²) in [5.74, 6) is 2.92. The van der Waals surface area contributed by atoms with Crippen molar-refractivity contribution < 1.29 is 9.15 Å². The van der Waals surface area contributed by atoms with E-state index in [1.165, 1.54) is 6.42 Å². The van der Waals surface area contributed by atoms with E-state index in [-0.39, 0.29) is 6.10 Å². The largest absolute Gasteiger partial charge is 0.462 e. The molecule has 0 amide bonds. The molecular formula is C15H21N3O2S2. The third-order valence-corrected chi connectivity index (χ3v) is 5.46. The Morgan fingerprint density at radius 1 is 1.36 bits per heavy atom. The Labute approximate surface area is 138 Å². The zero-order valence-corrected chi connectivity index (χ0v) is 14.3. The van der Waals surface area contributed by atoms with Crippen molar-refractivity contribution in [1.29, 1.82) is 0 Å². The van der Waals surface area contributed by atoms with Gasteiger partial charge in [0.1, 0.15) is 22.6 Å². The smallest absolute Gasteiger partial charge is 0.174 e. The fraction of sp³-hybridized carbons (Fsp3) is 0.600. The third-order valence-electron chi connectivity index (χ3n) is 3.49. The molecule has 0 aliphatic carbocycles. The minimum atomic E-state index is 0.152. The number of hydrogen-bond donors (Lipinski definition) is 1. The number of thioether (sulfide) groups is 1. The summed E-state index contributed by atoms with van der Waals surface area (Å²) in [6, 6.07) is 4.09. The van der Waals surface area contributed by atoms with E-state index in [0.717, 1.165) is 59.2 Å². The molecule has 0 bridgehead atoms. The summed E-state index contributed by atoms with van der Waals surface area (Å²) in [7, 11) is 0. The average Bonchev–Trinajstić information content (AvgIpc) is 3.17. The highest BCUT2D eigenvalue weighted by atomic mass is 32.2. The van der Waals surface area contributed by atoms with Crippen LogP contribution in [-0.4, -0.2) is 29.1 Å². The van der Waals surface area contributed by atoms with Gasteiger partial charge in [-0.25, -0.2) is 0 Å². The van der Waals surface area contributed by atoms with Gasteiger partial charge in [0.25, 0.3) is 0 Å². The third kappa shape index (κ3) is 4.55. The lowest BCUT2D eigenvalue weighted by Crippen LogP contribution is -2.16. The number of rotatable bonds is 7. The molecule has 1 N–H and O–H groups in total. The van der Waals surface area contributed by atoms with Crippen molar-refractivity contribution >= 4 is 23.1 Å². The number of ether oxygens (including phenoxy) is 1. The zero-order valence-electron chi connectivity index (χ0n) is 12.7. The topological polar surface area (TPSA) is 60.2 Å². The van der Waals surface area contributed by atoms with Crippen LogP contribution in [0.4, 0.5) is 0 Å². The number of hydrogen-bond acceptors (Lipinski definition) is 7. The molecule has 5 nitrogen and oxygen atoms in total. The highest BCUT2D eigenvalue weighted by Gasteiger charge is 2.19. The van der Waals surface area contributed by atoms with Crippen LogP contribution in [0, 0.1) is 6.92 Å². The Bertz CT molecular complexity index is 579. The Kier molecular flexibility index (Phi) is 5.89. The Balaban J connectivity index is 1.36. The van der Waals surface area contributed by atoms with Gasteiger partial charge in [-0.3, -0.25) is 0 Å². The summed E-state index contributed by atoms with van der Waals surface area (Å²) in [5.41, 5.74) is 0. The molecule has 2 aromatic rings. The van der Waals surface area contributed by atoms with Crippen molar-refractivity contribution in [3.63, 3.8) is 0 Å². The van der Waals surface area contributed by atoms with Crippen molar-refractivity contribution in [3.8, 4) is 0 Å². The quantitative estimate of drug-likeness (QED) is 0.615. The first kappa shape index (κ1) is 16.0. The Morgan fingerprint density at radius 2 is 2.32 bits per heavy atom. The summed E-state index contributed by atoms with van der Waals surface area (Å²) >= 11 is 3.38. The predicted molar refractivity (Wildman–Crippen MR) is 88.3 cm³/mol. The molecule has 1 saturated heterocycles. The first-order valence-electron chi connectivity index (χ1n) is 7.65. The summed E-state index contributed by atoms with van der Waals surface area (Å²) in [6.07, 6.45) is 3.61. The maximum Gasteiger partial charge on any atom is 0.174 e. The molecule has 0 spiro atoms. The molecule has 120 valence electrons. The van der Waals surface area contributed by atoms with Gasteiger partial charge in [-0.15, -0.1) is 10.2 Å². The van der Waals surface area contributed by atoms with Gasteiger partial charge < -0.3 is 14.5 Å². The molecule has 3 rings (SSSR count). The number of aryl methyl sites for hydroxylation is 1. The second kappa shape index (κ2) is 8.10. The van der Waals surface area contributed by atoms with Gasteiger partial charge in [0.2, 0.25) is 0 Å². The lowest BCUT2D eigenvalue weighted by molar-refractivity contribution is 0.00123. The van der Waals surface area contributed by atoms with Crippen LogP contribution in [-0.2, 0) is 11.3 Å². The minimum Gasteiger partial charge on any atom is -0.462 e. The summed E-state index contributed by atoms with van der Waals surface area (Å²) < 4.78 is 12.7. The zero-order chi connectivity index (χ0) is 15.2. The van der Waals surface area contributed by atoms with Crippen LogP contribution < -0.4 is 5.32 Å². The molecular weight excluding hydrogens is 318 g/mol. The Morgan fingerprint density at radius 3 is 3.09 bits per heavy atom. The molecule has 1 fully saturated rings. The second-order valence-electron chi connectivity index (χ2n) is 5.27. The van der Waals surface area contributed by atoms with Crippen molar-refractivity contribution in [1.82, 2.24) is 15.5 Å². The number of nitrogens with one attached hydrogen (secondary N) is 1. The number of furan rings is 1. The van der Waals surface area contributed by atoms with Crippen molar-refractivity contribution in [2.24, 2.45) is 0 Å². The SMILES string of the molecule is Cc1nnc(SCCNCc2ccc(C3CCCCO3)o2)s1. The Hall–Kier alpha value is -0.890. The molecule has 0 saturated carbocycles. The second-order valence-corrected chi connectivity index (χ2v) is 7.80. The molecule has 0 aromatic carbocycles. The highest BCUT2D eigenvalue weighted by molar-refractivity contribution is 8.01. The summed E-state index contributed by atoms with van der Waals surface area (Å²) in [6.45, 7) is 4.49. The van der Waals surface area contributed by atoms with Crippen LogP contribution in [0.15, 0.2) is 20.9 Å². The van der Waals surface area contributed by atoms with Gasteiger partial charge in [-0.1, -0.05) is 23.1 Å². The summed E-state index contributed by atoms with van der Waals surface area (Å²) in [5, 5.41) is 12.5. The van der Waals surface area contributed by atoms with E-state index in [2.05, 4.69) is 15.5 Å². The van der Waals surface area contributed by atoms with Crippen molar-refractivity contribution in [2.75, 3.05) is 18.9 Å². The molecule has 1 atom stereocenters. The maximum atomic E-state index is 5.88. The van der Waals surface area contributed by atoms with Gasteiger partial charge in [-0.2, -0.15) is 0 Å². The average molecular weight is 339 g/mol. The van der Waals surface area contributed by atoms with E-state index >= 15 is 0 Å². The highest BCUT2D eigenvalue weighted by Crippen LogP contribution is 2.29. The first-order chi connectivity index (χ1) is 10.8. The van der Waals surface area contributed by atoms with Gasteiger partial charge in [0.05, 0.1) is 6.54 Å². The van der Waals surface area contributed by atoms with Crippen LogP contribution in [0.1, 0.15) is 41.9 Å². The molecule has 2 aromatic heterocycles. The van der Waals surface area contributed by atoms with Crippen molar-refractivity contribution in [2.45, 2.75) is 43.2 Å². The molecule has 22 heavy (non-hydrogen) atoms.